The normalized spacial score (nSPS) is 14.2. The molecule has 1 aliphatic heterocycles. The molecule has 0 atom stereocenters. The van der Waals surface area contributed by atoms with E-state index < -0.39 is 10.0 Å². The molecule has 0 bridgehead atoms. The number of Topliss-reactive ketones (excluding diaryl/α,β-unsaturated/α-hetero) is 1. The Bertz CT molecular complexity index is 1240. The highest BCUT2D eigenvalue weighted by Crippen LogP contribution is 2.40. The molecule has 0 saturated carbocycles. The summed E-state index contributed by atoms with van der Waals surface area (Å²) in [5.41, 5.74) is 2.53. The predicted molar refractivity (Wildman–Crippen MR) is 142 cm³/mol. The standard InChI is InChI=1S/C26H35N3O4S.ClH/c1-25(2,3)20-11-17(12-21(23(20)31)26(4,5)6)22(30)15-29-14-16-9-10-18(13-19(16)24(29)27)34(32,33)28(7)8;/h9-13,27,31H,14-15H2,1-8H3;1H. The number of fused-ring (bicyclic) bond motifs is 1. The first kappa shape index (κ1) is 28.8. The van der Waals surface area contributed by atoms with E-state index in [-0.39, 0.29) is 52.0 Å². The van der Waals surface area contributed by atoms with Gasteiger partial charge in [0.25, 0.3) is 0 Å². The van der Waals surface area contributed by atoms with Crippen LogP contribution in [0.5, 0.6) is 5.75 Å². The monoisotopic (exact) mass is 521 g/mol. The number of carbonyl (C=O) groups excluding carboxylic acids is 1. The molecule has 3 rings (SSSR count). The Morgan fingerprint density at radius 2 is 1.54 bits per heavy atom. The molecule has 0 spiro atoms. The number of phenolic OH excluding ortho intramolecular Hbond substituents is 1. The minimum absolute atomic E-state index is 0. The first-order valence-electron chi connectivity index (χ1n) is 11.2. The van der Waals surface area contributed by atoms with Crippen LogP contribution in [0.1, 0.15) is 74.2 Å². The Kier molecular flexibility index (Phi) is 7.87. The zero-order valence-corrected chi connectivity index (χ0v) is 23.3. The van der Waals surface area contributed by atoms with Crippen LogP contribution in [-0.4, -0.2) is 55.0 Å². The number of carbonyl (C=O) groups is 1. The molecule has 0 aromatic heterocycles. The molecule has 1 aliphatic rings. The summed E-state index contributed by atoms with van der Waals surface area (Å²) in [5, 5.41) is 19.5. The van der Waals surface area contributed by atoms with Gasteiger partial charge in [-0.05, 0) is 40.7 Å². The maximum Gasteiger partial charge on any atom is 0.242 e. The van der Waals surface area contributed by atoms with Crippen molar-refractivity contribution in [1.82, 2.24) is 9.21 Å². The van der Waals surface area contributed by atoms with Crippen LogP contribution in [0.4, 0.5) is 0 Å². The Morgan fingerprint density at radius 3 is 2.00 bits per heavy atom. The van der Waals surface area contributed by atoms with Gasteiger partial charge in [-0.3, -0.25) is 10.2 Å². The van der Waals surface area contributed by atoms with Crippen molar-refractivity contribution in [2.24, 2.45) is 0 Å². The number of hydrogen-bond donors (Lipinski definition) is 2. The van der Waals surface area contributed by atoms with Crippen LogP contribution in [0.3, 0.4) is 0 Å². The second-order valence-corrected chi connectivity index (χ2v) is 13.3. The molecule has 192 valence electrons. The minimum atomic E-state index is -3.62. The highest BCUT2D eigenvalue weighted by Gasteiger charge is 2.31. The van der Waals surface area contributed by atoms with Gasteiger partial charge in [0.1, 0.15) is 11.6 Å². The molecule has 0 fully saturated rings. The number of amidine groups is 1. The van der Waals surface area contributed by atoms with Gasteiger partial charge in [0.05, 0.1) is 11.4 Å². The van der Waals surface area contributed by atoms with Gasteiger partial charge < -0.3 is 10.0 Å². The molecule has 0 unspecified atom stereocenters. The van der Waals surface area contributed by atoms with Crippen molar-refractivity contribution in [3.8, 4) is 5.75 Å². The van der Waals surface area contributed by atoms with Crippen LogP contribution < -0.4 is 0 Å². The summed E-state index contributed by atoms with van der Waals surface area (Å²) in [4.78, 5) is 15.1. The van der Waals surface area contributed by atoms with Crippen LogP contribution in [0.25, 0.3) is 0 Å². The van der Waals surface area contributed by atoms with Gasteiger partial charge in [0, 0.05) is 42.9 Å². The molecule has 0 amide bonds. The molecule has 1 heterocycles. The van der Waals surface area contributed by atoms with Crippen molar-refractivity contribution in [3.63, 3.8) is 0 Å². The summed E-state index contributed by atoms with van der Waals surface area (Å²) in [5.74, 6) is 0.187. The Hall–Kier alpha value is -2.42. The summed E-state index contributed by atoms with van der Waals surface area (Å²) in [6.45, 7) is 12.3. The average molecular weight is 522 g/mol. The lowest BCUT2D eigenvalue weighted by Crippen LogP contribution is -2.31. The van der Waals surface area contributed by atoms with Crippen molar-refractivity contribution in [2.45, 2.75) is 63.8 Å². The van der Waals surface area contributed by atoms with E-state index in [1.165, 1.54) is 26.2 Å². The minimum Gasteiger partial charge on any atom is -0.507 e. The van der Waals surface area contributed by atoms with Gasteiger partial charge >= 0.3 is 0 Å². The topological polar surface area (TPSA) is 102 Å². The van der Waals surface area contributed by atoms with Crippen molar-refractivity contribution in [1.29, 1.82) is 5.41 Å². The number of halogens is 1. The maximum absolute atomic E-state index is 13.4. The fraction of sp³-hybridized carbons (Fsp3) is 0.462. The van der Waals surface area contributed by atoms with Crippen molar-refractivity contribution < 1.29 is 18.3 Å². The molecule has 2 N–H and O–H groups in total. The summed E-state index contributed by atoms with van der Waals surface area (Å²) in [6, 6.07) is 8.26. The second kappa shape index (κ2) is 9.56. The van der Waals surface area contributed by atoms with Crippen LogP contribution in [0.2, 0.25) is 0 Å². The van der Waals surface area contributed by atoms with Crippen molar-refractivity contribution in [3.05, 3.63) is 58.1 Å². The number of nitrogens with one attached hydrogen (secondary N) is 1. The molecule has 2 aromatic carbocycles. The number of rotatable bonds is 5. The van der Waals surface area contributed by atoms with Crippen molar-refractivity contribution in [2.75, 3.05) is 20.6 Å². The largest absolute Gasteiger partial charge is 0.507 e. The zero-order valence-electron chi connectivity index (χ0n) is 21.7. The Labute approximate surface area is 215 Å². The molecule has 35 heavy (non-hydrogen) atoms. The molecule has 2 aromatic rings. The van der Waals surface area contributed by atoms with E-state index in [1.54, 1.807) is 23.1 Å². The number of benzene rings is 2. The molecule has 0 radical (unpaired) electrons. The van der Waals surface area contributed by atoms with E-state index in [4.69, 9.17) is 5.41 Å². The molecule has 0 saturated heterocycles. The Morgan fingerprint density at radius 1 is 1.03 bits per heavy atom. The van der Waals surface area contributed by atoms with Gasteiger partial charge in [0.15, 0.2) is 5.78 Å². The number of phenols is 1. The van der Waals surface area contributed by atoms with Crippen LogP contribution in [-0.2, 0) is 27.4 Å². The van der Waals surface area contributed by atoms with E-state index >= 15 is 0 Å². The predicted octanol–water partition coefficient (Wildman–Crippen LogP) is 4.68. The van der Waals surface area contributed by atoms with Crippen LogP contribution >= 0.6 is 12.4 Å². The SMILES string of the molecule is CN(C)S(=O)(=O)c1ccc2c(c1)C(=N)N(CC(=O)c1cc(C(C)(C)C)c(O)c(C(C)(C)C)c1)C2.Cl. The third kappa shape index (κ3) is 5.55. The lowest BCUT2D eigenvalue weighted by atomic mass is 9.78. The van der Waals surface area contributed by atoms with Gasteiger partial charge in [-0.2, -0.15) is 0 Å². The smallest absolute Gasteiger partial charge is 0.242 e. The molecule has 7 nitrogen and oxygen atoms in total. The zero-order chi connectivity index (χ0) is 25.8. The lowest BCUT2D eigenvalue weighted by molar-refractivity contribution is 0.0962. The number of hydrogen-bond acceptors (Lipinski definition) is 5. The van der Waals surface area contributed by atoms with E-state index in [1.807, 2.05) is 41.5 Å². The van der Waals surface area contributed by atoms with E-state index in [0.717, 1.165) is 9.87 Å². The summed E-state index contributed by atoms with van der Waals surface area (Å²) in [7, 11) is -0.687. The molecular formula is C26H36ClN3O4S. The molecular weight excluding hydrogens is 486 g/mol. The summed E-state index contributed by atoms with van der Waals surface area (Å²) < 4.78 is 26.1. The molecule has 0 aliphatic carbocycles. The van der Waals surface area contributed by atoms with Crippen LogP contribution in [0, 0.1) is 5.41 Å². The number of aromatic hydroxyl groups is 1. The summed E-state index contributed by atoms with van der Waals surface area (Å²) >= 11 is 0. The Balaban J connectivity index is 0.00000432. The number of nitrogens with zero attached hydrogens (tertiary/aromatic N) is 2. The summed E-state index contributed by atoms with van der Waals surface area (Å²) in [6.07, 6.45) is 0. The van der Waals surface area contributed by atoms with E-state index in [0.29, 0.717) is 28.8 Å². The number of ketones is 1. The van der Waals surface area contributed by atoms with E-state index in [2.05, 4.69) is 0 Å². The fourth-order valence-electron chi connectivity index (χ4n) is 4.08. The van der Waals surface area contributed by atoms with Gasteiger partial charge in [-0.25, -0.2) is 12.7 Å². The van der Waals surface area contributed by atoms with Crippen molar-refractivity contribution >= 4 is 34.0 Å². The first-order valence-corrected chi connectivity index (χ1v) is 12.7. The van der Waals surface area contributed by atoms with E-state index in [9.17, 15) is 18.3 Å². The van der Waals surface area contributed by atoms with Gasteiger partial charge in [-0.15, -0.1) is 12.4 Å². The highest BCUT2D eigenvalue weighted by atomic mass is 35.5. The number of sulfonamides is 1. The van der Waals surface area contributed by atoms with Gasteiger partial charge in [-0.1, -0.05) is 47.6 Å². The van der Waals surface area contributed by atoms with Crippen LogP contribution in [0.15, 0.2) is 35.2 Å². The third-order valence-corrected chi connectivity index (χ3v) is 7.99. The quantitative estimate of drug-likeness (QED) is 0.556. The highest BCUT2D eigenvalue weighted by molar-refractivity contribution is 7.89. The second-order valence-electron chi connectivity index (χ2n) is 11.2. The van der Waals surface area contributed by atoms with Gasteiger partial charge in [0.2, 0.25) is 10.0 Å². The maximum atomic E-state index is 13.4. The fourth-order valence-corrected chi connectivity index (χ4v) is 5.01. The molecule has 9 heteroatoms. The average Bonchev–Trinajstić information content (AvgIpc) is 3.01. The first-order chi connectivity index (χ1) is 15.4. The third-order valence-electron chi connectivity index (χ3n) is 6.17. The lowest BCUT2D eigenvalue weighted by Gasteiger charge is -2.28.